The molecule has 2 rings (SSSR count). The fourth-order valence-corrected chi connectivity index (χ4v) is 3.71. The second kappa shape index (κ2) is 6.74. The van der Waals surface area contributed by atoms with Crippen LogP contribution in [0.2, 0.25) is 0 Å². The highest BCUT2D eigenvalue weighted by Gasteiger charge is 2.30. The maximum absolute atomic E-state index is 12.5. The SMILES string of the molecule is CC(=O)Nc1ccc(S(=O)(=O)N2CCOC(CCl)C2)cc1. The first-order valence-electron chi connectivity index (χ1n) is 6.49. The molecule has 1 N–H and O–H groups in total. The van der Waals surface area contributed by atoms with E-state index in [1.165, 1.54) is 23.4 Å². The summed E-state index contributed by atoms with van der Waals surface area (Å²) in [6.45, 7) is 2.29. The van der Waals surface area contributed by atoms with Gasteiger partial charge in [0.15, 0.2) is 0 Å². The first-order chi connectivity index (χ1) is 9.93. The van der Waals surface area contributed by atoms with E-state index in [0.717, 1.165) is 0 Å². The molecule has 1 aliphatic heterocycles. The van der Waals surface area contributed by atoms with Gasteiger partial charge in [-0.05, 0) is 24.3 Å². The number of benzene rings is 1. The summed E-state index contributed by atoms with van der Waals surface area (Å²) in [4.78, 5) is 11.1. The van der Waals surface area contributed by atoms with Gasteiger partial charge in [-0.1, -0.05) is 0 Å². The van der Waals surface area contributed by atoms with Gasteiger partial charge in [-0.3, -0.25) is 4.79 Å². The summed E-state index contributed by atoms with van der Waals surface area (Å²) in [5, 5.41) is 2.59. The molecule has 1 fully saturated rings. The molecule has 0 aromatic heterocycles. The van der Waals surface area contributed by atoms with E-state index in [0.29, 0.717) is 18.8 Å². The van der Waals surface area contributed by atoms with Crippen LogP contribution in [0.1, 0.15) is 6.92 Å². The molecule has 1 aromatic rings. The topological polar surface area (TPSA) is 75.7 Å². The Balaban J connectivity index is 2.17. The predicted octanol–water partition coefficient (Wildman–Crippen LogP) is 1.27. The summed E-state index contributed by atoms with van der Waals surface area (Å²) in [5.41, 5.74) is 0.557. The summed E-state index contributed by atoms with van der Waals surface area (Å²) in [5.74, 6) is 0.0526. The number of carbonyl (C=O) groups is 1. The Morgan fingerprint density at radius 3 is 2.67 bits per heavy atom. The van der Waals surface area contributed by atoms with E-state index >= 15 is 0 Å². The van der Waals surface area contributed by atoms with E-state index in [-0.39, 0.29) is 29.3 Å². The molecule has 1 heterocycles. The van der Waals surface area contributed by atoms with Crippen molar-refractivity contribution in [2.45, 2.75) is 17.9 Å². The number of halogens is 1. The zero-order valence-corrected chi connectivity index (χ0v) is 13.2. The molecule has 1 unspecified atom stereocenters. The Morgan fingerprint density at radius 1 is 1.43 bits per heavy atom. The van der Waals surface area contributed by atoms with E-state index in [1.54, 1.807) is 12.1 Å². The molecule has 6 nitrogen and oxygen atoms in total. The largest absolute Gasteiger partial charge is 0.374 e. The Bertz CT molecular complexity index is 603. The Kier molecular flexibility index (Phi) is 5.21. The lowest BCUT2D eigenvalue weighted by Gasteiger charge is -2.31. The van der Waals surface area contributed by atoms with Gasteiger partial charge in [-0.25, -0.2) is 8.42 Å². The third-order valence-electron chi connectivity index (χ3n) is 3.09. The molecular weight excluding hydrogens is 316 g/mol. The summed E-state index contributed by atoms with van der Waals surface area (Å²) in [7, 11) is -3.57. The summed E-state index contributed by atoms with van der Waals surface area (Å²) in [6, 6.07) is 6.08. The van der Waals surface area contributed by atoms with E-state index in [4.69, 9.17) is 16.3 Å². The highest BCUT2D eigenvalue weighted by molar-refractivity contribution is 7.89. The lowest BCUT2D eigenvalue weighted by molar-refractivity contribution is -0.114. The molecular formula is C13H17ClN2O4S. The Hall–Kier alpha value is -1.15. The first kappa shape index (κ1) is 16.2. The molecule has 1 aliphatic rings. The van der Waals surface area contributed by atoms with Crippen LogP contribution in [0.5, 0.6) is 0 Å². The van der Waals surface area contributed by atoms with Crippen molar-refractivity contribution >= 4 is 33.2 Å². The van der Waals surface area contributed by atoms with Crippen LogP contribution in [-0.2, 0) is 19.6 Å². The molecule has 21 heavy (non-hydrogen) atoms. The molecule has 1 amide bonds. The van der Waals surface area contributed by atoms with Crippen LogP contribution in [0.25, 0.3) is 0 Å². The number of hydrogen-bond acceptors (Lipinski definition) is 4. The van der Waals surface area contributed by atoms with E-state index < -0.39 is 10.0 Å². The van der Waals surface area contributed by atoms with Crippen molar-refractivity contribution in [3.05, 3.63) is 24.3 Å². The zero-order chi connectivity index (χ0) is 15.5. The number of nitrogens with one attached hydrogen (secondary N) is 1. The van der Waals surface area contributed by atoms with Gasteiger partial charge in [0, 0.05) is 31.6 Å². The Labute approximate surface area is 129 Å². The molecule has 0 saturated carbocycles. The van der Waals surface area contributed by atoms with Gasteiger partial charge in [0.2, 0.25) is 15.9 Å². The lowest BCUT2D eigenvalue weighted by Crippen LogP contribution is -2.46. The zero-order valence-electron chi connectivity index (χ0n) is 11.6. The van der Waals surface area contributed by atoms with Crippen LogP contribution in [0.3, 0.4) is 0 Å². The van der Waals surface area contributed by atoms with Crippen molar-refractivity contribution < 1.29 is 17.9 Å². The average molecular weight is 333 g/mol. The van der Waals surface area contributed by atoms with Crippen LogP contribution < -0.4 is 5.32 Å². The van der Waals surface area contributed by atoms with E-state index in [2.05, 4.69) is 5.32 Å². The highest BCUT2D eigenvalue weighted by Crippen LogP contribution is 2.21. The second-order valence-electron chi connectivity index (χ2n) is 4.72. The van der Waals surface area contributed by atoms with Crippen molar-refractivity contribution in [1.29, 1.82) is 0 Å². The molecule has 116 valence electrons. The fourth-order valence-electron chi connectivity index (χ4n) is 2.07. The summed E-state index contributed by atoms with van der Waals surface area (Å²) in [6.07, 6.45) is -0.283. The summed E-state index contributed by atoms with van der Waals surface area (Å²) < 4.78 is 31.8. The number of hydrogen-bond donors (Lipinski definition) is 1. The minimum absolute atomic E-state index is 0.187. The molecule has 1 aromatic carbocycles. The third-order valence-corrected chi connectivity index (χ3v) is 5.31. The quantitative estimate of drug-likeness (QED) is 0.843. The molecule has 8 heteroatoms. The molecule has 1 atom stereocenters. The molecule has 0 aliphatic carbocycles. The van der Waals surface area contributed by atoms with Crippen LogP contribution in [0, 0.1) is 0 Å². The first-order valence-corrected chi connectivity index (χ1v) is 8.46. The number of anilines is 1. The van der Waals surface area contributed by atoms with Crippen molar-refractivity contribution in [2.24, 2.45) is 0 Å². The van der Waals surface area contributed by atoms with Gasteiger partial charge in [0.05, 0.1) is 17.6 Å². The number of nitrogens with zero attached hydrogens (tertiary/aromatic N) is 1. The standard InChI is InChI=1S/C13H17ClN2O4S/c1-10(17)15-11-2-4-13(5-3-11)21(18,19)16-6-7-20-12(8-14)9-16/h2-5,12H,6-9H2,1H3,(H,15,17). The minimum atomic E-state index is -3.57. The number of sulfonamides is 1. The number of ether oxygens (including phenoxy) is 1. The second-order valence-corrected chi connectivity index (χ2v) is 6.96. The van der Waals surface area contributed by atoms with Crippen molar-refractivity contribution in [3.8, 4) is 0 Å². The Morgan fingerprint density at radius 2 is 2.10 bits per heavy atom. The van der Waals surface area contributed by atoms with Gasteiger partial charge < -0.3 is 10.1 Å². The lowest BCUT2D eigenvalue weighted by atomic mass is 10.3. The highest BCUT2D eigenvalue weighted by atomic mass is 35.5. The molecule has 1 saturated heterocycles. The molecule has 0 spiro atoms. The predicted molar refractivity (Wildman–Crippen MR) is 80.0 cm³/mol. The van der Waals surface area contributed by atoms with Crippen LogP contribution in [-0.4, -0.2) is 50.3 Å². The number of alkyl halides is 1. The fraction of sp³-hybridized carbons (Fsp3) is 0.462. The monoisotopic (exact) mass is 332 g/mol. The van der Waals surface area contributed by atoms with E-state index in [1.807, 2.05) is 0 Å². The molecule has 0 radical (unpaired) electrons. The number of amides is 1. The average Bonchev–Trinajstić information content (AvgIpc) is 2.47. The summed E-state index contributed by atoms with van der Waals surface area (Å²) >= 11 is 5.72. The van der Waals surface area contributed by atoms with Gasteiger partial charge >= 0.3 is 0 Å². The van der Waals surface area contributed by atoms with Gasteiger partial charge in [0.1, 0.15) is 0 Å². The smallest absolute Gasteiger partial charge is 0.243 e. The minimum Gasteiger partial charge on any atom is -0.374 e. The van der Waals surface area contributed by atoms with Gasteiger partial charge in [-0.2, -0.15) is 4.31 Å². The third kappa shape index (κ3) is 3.94. The maximum Gasteiger partial charge on any atom is 0.243 e. The van der Waals surface area contributed by atoms with E-state index in [9.17, 15) is 13.2 Å². The maximum atomic E-state index is 12.5. The van der Waals surface area contributed by atoms with Crippen molar-refractivity contribution in [1.82, 2.24) is 4.31 Å². The number of morpholine rings is 1. The van der Waals surface area contributed by atoms with Crippen molar-refractivity contribution in [3.63, 3.8) is 0 Å². The molecule has 0 bridgehead atoms. The van der Waals surface area contributed by atoms with Crippen LogP contribution >= 0.6 is 11.6 Å². The van der Waals surface area contributed by atoms with Crippen LogP contribution in [0.4, 0.5) is 5.69 Å². The number of carbonyl (C=O) groups excluding carboxylic acids is 1. The van der Waals surface area contributed by atoms with Crippen molar-refractivity contribution in [2.75, 3.05) is 30.9 Å². The van der Waals surface area contributed by atoms with Gasteiger partial charge in [0.25, 0.3) is 0 Å². The number of rotatable bonds is 4. The normalized spacial score (nSPS) is 20.2. The van der Waals surface area contributed by atoms with Crippen LogP contribution in [0.15, 0.2) is 29.2 Å². The van der Waals surface area contributed by atoms with Gasteiger partial charge in [-0.15, -0.1) is 11.6 Å².